The van der Waals surface area contributed by atoms with Crippen molar-refractivity contribution >= 4 is 11.8 Å². The molecule has 3 aromatic rings. The lowest BCUT2D eigenvalue weighted by Gasteiger charge is -2.06. The third kappa shape index (κ3) is 4.21. The maximum Gasteiger partial charge on any atom is 0.276 e. The summed E-state index contributed by atoms with van der Waals surface area (Å²) < 4.78 is 5.69. The molecule has 1 aromatic heterocycles. The van der Waals surface area contributed by atoms with Crippen molar-refractivity contribution in [2.45, 2.75) is 30.4 Å². The van der Waals surface area contributed by atoms with Crippen LogP contribution in [0.25, 0.3) is 0 Å². The van der Waals surface area contributed by atoms with E-state index in [4.69, 9.17) is 10.2 Å². The Bertz CT molecular complexity index is 758. The normalized spacial score (nSPS) is 12.3. The number of thioether (sulfide) groups is 1. The number of nitrogens with zero attached hydrogens (tertiary/aromatic N) is 2. The van der Waals surface area contributed by atoms with E-state index < -0.39 is 0 Å². The van der Waals surface area contributed by atoms with E-state index in [1.54, 1.807) is 0 Å². The SMILES string of the molecule is Cc1ccccc1CSc1nnc([C@H](N)Cc2ccccc2)o1. The van der Waals surface area contributed by atoms with Crippen molar-refractivity contribution in [2.24, 2.45) is 5.73 Å². The summed E-state index contributed by atoms with van der Waals surface area (Å²) in [7, 11) is 0. The molecule has 0 unspecified atom stereocenters. The van der Waals surface area contributed by atoms with Gasteiger partial charge in [-0.1, -0.05) is 66.4 Å². The largest absolute Gasteiger partial charge is 0.414 e. The Kier molecular flexibility index (Phi) is 5.10. The Morgan fingerprint density at radius 1 is 1.04 bits per heavy atom. The lowest BCUT2D eigenvalue weighted by atomic mass is 10.1. The minimum Gasteiger partial charge on any atom is -0.414 e. The smallest absolute Gasteiger partial charge is 0.276 e. The van der Waals surface area contributed by atoms with E-state index in [0.717, 1.165) is 11.3 Å². The summed E-state index contributed by atoms with van der Waals surface area (Å²) in [6.45, 7) is 2.10. The highest BCUT2D eigenvalue weighted by Crippen LogP contribution is 2.25. The second-order valence-electron chi connectivity index (χ2n) is 5.42. The van der Waals surface area contributed by atoms with Gasteiger partial charge < -0.3 is 10.2 Å². The molecular formula is C18H19N3OS. The quantitative estimate of drug-likeness (QED) is 0.696. The van der Waals surface area contributed by atoms with Crippen LogP contribution in [0.2, 0.25) is 0 Å². The highest BCUT2D eigenvalue weighted by Gasteiger charge is 2.15. The van der Waals surface area contributed by atoms with Crippen LogP contribution in [0.3, 0.4) is 0 Å². The van der Waals surface area contributed by atoms with E-state index in [-0.39, 0.29) is 6.04 Å². The van der Waals surface area contributed by atoms with Crippen LogP contribution in [0, 0.1) is 6.92 Å². The molecule has 5 heteroatoms. The van der Waals surface area contributed by atoms with Gasteiger partial charge in [-0.15, -0.1) is 10.2 Å². The number of hydrogen-bond acceptors (Lipinski definition) is 5. The molecule has 3 rings (SSSR count). The fourth-order valence-corrected chi connectivity index (χ4v) is 3.14. The first kappa shape index (κ1) is 15.8. The third-order valence-electron chi connectivity index (χ3n) is 3.65. The van der Waals surface area contributed by atoms with Gasteiger partial charge in [0, 0.05) is 5.75 Å². The standard InChI is InChI=1S/C18H19N3OS/c1-13-7-5-6-10-15(13)12-23-18-21-20-17(22-18)16(19)11-14-8-3-2-4-9-14/h2-10,16H,11-12,19H2,1H3/t16-/m1/s1. The topological polar surface area (TPSA) is 64.9 Å². The van der Waals surface area contributed by atoms with Gasteiger partial charge in [0.05, 0.1) is 6.04 Å². The highest BCUT2D eigenvalue weighted by molar-refractivity contribution is 7.98. The molecule has 0 aliphatic heterocycles. The van der Waals surface area contributed by atoms with Crippen LogP contribution in [0.1, 0.15) is 28.6 Å². The molecule has 0 bridgehead atoms. The number of aromatic nitrogens is 2. The fraction of sp³-hybridized carbons (Fsp3) is 0.222. The number of rotatable bonds is 6. The molecule has 1 atom stereocenters. The number of nitrogens with two attached hydrogens (primary N) is 1. The minimum absolute atomic E-state index is 0.280. The zero-order valence-electron chi connectivity index (χ0n) is 13.0. The Morgan fingerprint density at radius 3 is 2.57 bits per heavy atom. The highest BCUT2D eigenvalue weighted by atomic mass is 32.2. The van der Waals surface area contributed by atoms with Crippen LogP contribution in [-0.4, -0.2) is 10.2 Å². The van der Waals surface area contributed by atoms with E-state index in [1.165, 1.54) is 22.9 Å². The lowest BCUT2D eigenvalue weighted by Crippen LogP contribution is -2.13. The third-order valence-corrected chi connectivity index (χ3v) is 4.52. The predicted molar refractivity (Wildman–Crippen MR) is 92.1 cm³/mol. The monoisotopic (exact) mass is 325 g/mol. The molecule has 23 heavy (non-hydrogen) atoms. The lowest BCUT2D eigenvalue weighted by molar-refractivity contribution is 0.385. The van der Waals surface area contributed by atoms with Gasteiger partial charge in [0.1, 0.15) is 0 Å². The first-order valence-electron chi connectivity index (χ1n) is 7.52. The number of hydrogen-bond donors (Lipinski definition) is 1. The van der Waals surface area contributed by atoms with Crippen LogP contribution in [0.15, 0.2) is 64.2 Å². The number of aryl methyl sites for hydroxylation is 1. The van der Waals surface area contributed by atoms with Gasteiger partial charge >= 0.3 is 0 Å². The maximum absolute atomic E-state index is 6.17. The van der Waals surface area contributed by atoms with Crippen molar-refractivity contribution in [3.05, 3.63) is 77.2 Å². The van der Waals surface area contributed by atoms with Gasteiger partial charge in [-0.05, 0) is 30.0 Å². The molecule has 4 nitrogen and oxygen atoms in total. The summed E-state index contributed by atoms with van der Waals surface area (Å²) in [6, 6.07) is 18.1. The average Bonchev–Trinajstić information content (AvgIpc) is 3.04. The Labute approximate surface area is 140 Å². The van der Waals surface area contributed by atoms with Gasteiger partial charge in [-0.3, -0.25) is 0 Å². The Morgan fingerprint density at radius 2 is 1.78 bits per heavy atom. The second-order valence-corrected chi connectivity index (χ2v) is 6.34. The predicted octanol–water partition coefficient (Wildman–Crippen LogP) is 3.91. The molecule has 0 aliphatic rings. The Hall–Kier alpha value is -2.11. The van der Waals surface area contributed by atoms with Crippen molar-refractivity contribution in [1.82, 2.24) is 10.2 Å². The van der Waals surface area contributed by atoms with E-state index in [2.05, 4.69) is 29.3 Å². The van der Waals surface area contributed by atoms with Crippen molar-refractivity contribution in [3.63, 3.8) is 0 Å². The molecule has 2 aromatic carbocycles. The van der Waals surface area contributed by atoms with Gasteiger partial charge in [0.15, 0.2) is 0 Å². The maximum atomic E-state index is 6.17. The molecule has 0 aliphatic carbocycles. The molecular weight excluding hydrogens is 306 g/mol. The molecule has 0 spiro atoms. The first-order valence-corrected chi connectivity index (χ1v) is 8.51. The molecule has 0 amide bonds. The van der Waals surface area contributed by atoms with E-state index >= 15 is 0 Å². The van der Waals surface area contributed by atoms with Crippen LogP contribution in [-0.2, 0) is 12.2 Å². The van der Waals surface area contributed by atoms with Gasteiger partial charge in [0.25, 0.3) is 5.22 Å². The van der Waals surface area contributed by atoms with E-state index in [1.807, 2.05) is 42.5 Å². The van der Waals surface area contributed by atoms with Gasteiger partial charge in [-0.25, -0.2) is 0 Å². The number of benzene rings is 2. The minimum atomic E-state index is -0.280. The van der Waals surface area contributed by atoms with E-state index in [9.17, 15) is 0 Å². The molecule has 1 heterocycles. The zero-order chi connectivity index (χ0) is 16.1. The molecule has 0 radical (unpaired) electrons. The van der Waals surface area contributed by atoms with E-state index in [0.29, 0.717) is 17.5 Å². The second kappa shape index (κ2) is 7.44. The molecule has 2 N–H and O–H groups in total. The summed E-state index contributed by atoms with van der Waals surface area (Å²) in [4.78, 5) is 0. The van der Waals surface area contributed by atoms with Crippen LogP contribution < -0.4 is 5.73 Å². The van der Waals surface area contributed by atoms with Crippen LogP contribution >= 0.6 is 11.8 Å². The van der Waals surface area contributed by atoms with Crippen LogP contribution in [0.4, 0.5) is 0 Å². The molecule has 0 saturated carbocycles. The van der Waals surface area contributed by atoms with Crippen molar-refractivity contribution < 1.29 is 4.42 Å². The summed E-state index contributed by atoms with van der Waals surface area (Å²) >= 11 is 1.54. The summed E-state index contributed by atoms with van der Waals surface area (Å²) in [5.41, 5.74) is 9.86. The van der Waals surface area contributed by atoms with Gasteiger partial charge in [-0.2, -0.15) is 0 Å². The Balaban J connectivity index is 1.60. The zero-order valence-corrected chi connectivity index (χ0v) is 13.8. The van der Waals surface area contributed by atoms with Crippen molar-refractivity contribution in [1.29, 1.82) is 0 Å². The average molecular weight is 325 g/mol. The summed E-state index contributed by atoms with van der Waals surface area (Å²) in [5, 5.41) is 8.74. The molecule has 118 valence electrons. The van der Waals surface area contributed by atoms with Gasteiger partial charge in [0.2, 0.25) is 5.89 Å². The summed E-state index contributed by atoms with van der Waals surface area (Å²) in [5.74, 6) is 1.29. The fourth-order valence-electron chi connectivity index (χ4n) is 2.30. The summed E-state index contributed by atoms with van der Waals surface area (Å²) in [6.07, 6.45) is 0.685. The molecule has 0 saturated heterocycles. The molecule has 0 fully saturated rings. The van der Waals surface area contributed by atoms with Crippen molar-refractivity contribution in [2.75, 3.05) is 0 Å². The van der Waals surface area contributed by atoms with Crippen LogP contribution in [0.5, 0.6) is 0 Å². The van der Waals surface area contributed by atoms with Crippen molar-refractivity contribution in [3.8, 4) is 0 Å². The first-order chi connectivity index (χ1) is 11.2.